The number of nitro benzene ring substituents is 1. The summed E-state index contributed by atoms with van der Waals surface area (Å²) in [5, 5.41) is 12.5. The van der Waals surface area contributed by atoms with Gasteiger partial charge in [0.1, 0.15) is 5.69 Å². The fourth-order valence-corrected chi connectivity index (χ4v) is 4.29. The lowest BCUT2D eigenvalue weighted by Gasteiger charge is -2.35. The molecule has 2 aromatic carbocycles. The zero-order valence-corrected chi connectivity index (χ0v) is 16.9. The van der Waals surface area contributed by atoms with E-state index in [1.54, 1.807) is 35.2 Å². The van der Waals surface area contributed by atoms with E-state index in [-0.39, 0.29) is 22.3 Å². The maximum atomic E-state index is 12.6. The van der Waals surface area contributed by atoms with Crippen LogP contribution in [0.2, 0.25) is 5.02 Å². The summed E-state index contributed by atoms with van der Waals surface area (Å²) in [7, 11) is 0. The zero-order chi connectivity index (χ0) is 20.4. The molecule has 0 saturated carbocycles. The maximum Gasteiger partial charge on any atom is 0.292 e. The van der Waals surface area contributed by atoms with Crippen LogP contribution in [0.5, 0.6) is 0 Å². The molecule has 29 heavy (non-hydrogen) atoms. The Morgan fingerprint density at radius 1 is 1.21 bits per heavy atom. The monoisotopic (exact) mass is 431 g/mol. The molecule has 1 fully saturated rings. The molecule has 10 heteroatoms. The van der Waals surface area contributed by atoms with E-state index in [0.29, 0.717) is 42.0 Å². The van der Waals surface area contributed by atoms with Crippen LogP contribution < -0.4 is 4.90 Å². The van der Waals surface area contributed by atoms with Crippen molar-refractivity contribution in [3.05, 3.63) is 57.6 Å². The van der Waals surface area contributed by atoms with Crippen LogP contribution in [0, 0.1) is 10.1 Å². The number of carbonyl (C=O) groups excluding carboxylic acids is 1. The summed E-state index contributed by atoms with van der Waals surface area (Å²) >= 11 is 7.34. The number of carbonyl (C=O) groups is 1. The Bertz CT molecular complexity index is 1060. The largest absolute Gasteiger partial charge is 0.362 e. The summed E-state index contributed by atoms with van der Waals surface area (Å²) in [6.07, 6.45) is 0. The van der Waals surface area contributed by atoms with E-state index in [2.05, 4.69) is 9.97 Å². The van der Waals surface area contributed by atoms with Crippen LogP contribution in [-0.4, -0.2) is 57.6 Å². The minimum atomic E-state index is -0.371. The minimum Gasteiger partial charge on any atom is -0.362 e. The molecule has 0 aliphatic carbocycles. The highest BCUT2D eigenvalue weighted by molar-refractivity contribution is 7.99. The predicted molar refractivity (Wildman–Crippen MR) is 114 cm³/mol. The van der Waals surface area contributed by atoms with Crippen LogP contribution in [0.25, 0.3) is 11.0 Å². The van der Waals surface area contributed by atoms with Gasteiger partial charge in [0.25, 0.3) is 5.69 Å². The van der Waals surface area contributed by atoms with Crippen molar-refractivity contribution in [2.75, 3.05) is 36.8 Å². The van der Waals surface area contributed by atoms with Gasteiger partial charge in [-0.15, -0.1) is 0 Å². The summed E-state index contributed by atoms with van der Waals surface area (Å²) in [5.41, 5.74) is 2.33. The number of piperazine rings is 1. The number of aromatic amines is 1. The predicted octanol–water partition coefficient (Wildman–Crippen LogP) is 3.57. The Kier molecular flexibility index (Phi) is 5.59. The van der Waals surface area contributed by atoms with Crippen molar-refractivity contribution in [1.82, 2.24) is 14.9 Å². The highest BCUT2D eigenvalue weighted by Gasteiger charge is 2.25. The number of benzene rings is 2. The second kappa shape index (κ2) is 8.30. The summed E-state index contributed by atoms with van der Waals surface area (Å²) in [6, 6.07) is 12.1. The van der Waals surface area contributed by atoms with Crippen molar-refractivity contribution < 1.29 is 9.72 Å². The number of amides is 1. The average molecular weight is 432 g/mol. The lowest BCUT2D eigenvalue weighted by atomic mass is 10.2. The Morgan fingerprint density at radius 3 is 2.72 bits per heavy atom. The highest BCUT2D eigenvalue weighted by atomic mass is 35.5. The number of para-hydroxylation sites is 2. The fraction of sp³-hybridized carbons (Fsp3) is 0.263. The molecule has 0 atom stereocenters. The maximum absolute atomic E-state index is 12.6. The molecule has 1 N–H and O–H groups in total. The van der Waals surface area contributed by atoms with Crippen LogP contribution in [0.3, 0.4) is 0 Å². The summed E-state index contributed by atoms with van der Waals surface area (Å²) < 4.78 is 0. The smallest absolute Gasteiger partial charge is 0.292 e. The second-order valence-electron chi connectivity index (χ2n) is 6.61. The minimum absolute atomic E-state index is 0.0238. The number of halogens is 1. The van der Waals surface area contributed by atoms with Crippen LogP contribution in [0.15, 0.2) is 47.6 Å². The number of aromatic nitrogens is 2. The second-order valence-corrected chi connectivity index (χ2v) is 8.01. The SMILES string of the molecule is O=C(CSc1nc2ccc(Cl)cc2[nH]1)N1CCN(c2ccccc2[N+](=O)[O-])CC1. The van der Waals surface area contributed by atoms with Crippen molar-refractivity contribution >= 4 is 51.7 Å². The number of hydrogen-bond acceptors (Lipinski definition) is 6. The first-order valence-corrected chi connectivity index (χ1v) is 10.4. The molecule has 0 radical (unpaired) electrons. The van der Waals surface area contributed by atoms with Crippen molar-refractivity contribution in [2.24, 2.45) is 0 Å². The van der Waals surface area contributed by atoms with E-state index in [9.17, 15) is 14.9 Å². The molecule has 0 spiro atoms. The molecule has 1 aliphatic heterocycles. The van der Waals surface area contributed by atoms with E-state index in [1.807, 2.05) is 11.0 Å². The normalized spacial score (nSPS) is 14.4. The number of thioether (sulfide) groups is 1. The van der Waals surface area contributed by atoms with Crippen LogP contribution in [-0.2, 0) is 4.79 Å². The van der Waals surface area contributed by atoms with Crippen LogP contribution in [0.4, 0.5) is 11.4 Å². The highest BCUT2D eigenvalue weighted by Crippen LogP contribution is 2.28. The molecule has 8 nitrogen and oxygen atoms in total. The van der Waals surface area contributed by atoms with E-state index in [0.717, 1.165) is 11.0 Å². The molecule has 1 amide bonds. The van der Waals surface area contributed by atoms with Gasteiger partial charge < -0.3 is 14.8 Å². The first-order valence-electron chi connectivity index (χ1n) is 9.05. The van der Waals surface area contributed by atoms with Crippen LogP contribution >= 0.6 is 23.4 Å². The third-order valence-corrected chi connectivity index (χ3v) is 5.90. The standard InChI is InChI=1S/C19H18ClN5O3S/c20-13-5-6-14-15(11-13)22-19(21-14)29-12-18(26)24-9-7-23(8-10-24)16-3-1-2-4-17(16)25(27)28/h1-6,11H,7-10,12H2,(H,21,22). The van der Waals surface area contributed by atoms with E-state index < -0.39 is 0 Å². The molecule has 3 aromatic rings. The number of fused-ring (bicyclic) bond motifs is 1. The van der Waals surface area contributed by atoms with Crippen molar-refractivity contribution in [3.8, 4) is 0 Å². The number of anilines is 1. The van der Waals surface area contributed by atoms with Gasteiger partial charge in [-0.25, -0.2) is 4.98 Å². The lowest BCUT2D eigenvalue weighted by Crippen LogP contribution is -2.49. The van der Waals surface area contributed by atoms with Gasteiger partial charge in [-0.2, -0.15) is 0 Å². The van der Waals surface area contributed by atoms with Gasteiger partial charge in [0, 0.05) is 37.3 Å². The van der Waals surface area contributed by atoms with Crippen molar-refractivity contribution in [3.63, 3.8) is 0 Å². The van der Waals surface area contributed by atoms with Gasteiger partial charge in [0.05, 0.1) is 21.7 Å². The summed E-state index contributed by atoms with van der Waals surface area (Å²) in [4.78, 5) is 34.8. The molecule has 150 valence electrons. The van der Waals surface area contributed by atoms with E-state index in [1.165, 1.54) is 17.8 Å². The van der Waals surface area contributed by atoms with Crippen LogP contribution in [0.1, 0.15) is 0 Å². The number of H-pyrrole nitrogens is 1. The molecule has 1 aromatic heterocycles. The van der Waals surface area contributed by atoms with Gasteiger partial charge >= 0.3 is 0 Å². The first-order chi connectivity index (χ1) is 14.0. The Hall–Kier alpha value is -2.78. The van der Waals surface area contributed by atoms with E-state index >= 15 is 0 Å². The van der Waals surface area contributed by atoms with Gasteiger partial charge in [-0.1, -0.05) is 35.5 Å². The number of nitrogens with zero attached hydrogens (tertiary/aromatic N) is 4. The molecule has 0 unspecified atom stereocenters. The Labute approximate surface area is 176 Å². The number of hydrogen-bond donors (Lipinski definition) is 1. The van der Waals surface area contributed by atoms with Gasteiger partial charge in [0.15, 0.2) is 5.16 Å². The fourth-order valence-electron chi connectivity index (χ4n) is 3.33. The van der Waals surface area contributed by atoms with Crippen molar-refractivity contribution in [2.45, 2.75) is 5.16 Å². The van der Waals surface area contributed by atoms with Gasteiger partial charge in [-0.05, 0) is 24.3 Å². The molecule has 4 rings (SSSR count). The Balaban J connectivity index is 1.33. The lowest BCUT2D eigenvalue weighted by molar-refractivity contribution is -0.384. The van der Waals surface area contributed by atoms with Gasteiger partial charge in [-0.3, -0.25) is 14.9 Å². The average Bonchev–Trinajstić information content (AvgIpc) is 3.14. The van der Waals surface area contributed by atoms with Gasteiger partial charge in [0.2, 0.25) is 5.91 Å². The molecular weight excluding hydrogens is 414 g/mol. The third kappa shape index (κ3) is 4.30. The summed E-state index contributed by atoms with van der Waals surface area (Å²) in [5.74, 6) is 0.301. The molecular formula is C19H18ClN5O3S. The quantitative estimate of drug-likeness (QED) is 0.377. The molecule has 1 aliphatic rings. The third-order valence-electron chi connectivity index (χ3n) is 4.81. The number of nitrogens with one attached hydrogen (secondary N) is 1. The Morgan fingerprint density at radius 2 is 1.97 bits per heavy atom. The number of imidazole rings is 1. The molecule has 0 bridgehead atoms. The first kappa shape index (κ1) is 19.5. The zero-order valence-electron chi connectivity index (χ0n) is 15.4. The number of rotatable bonds is 5. The molecule has 1 saturated heterocycles. The van der Waals surface area contributed by atoms with Crippen molar-refractivity contribution in [1.29, 1.82) is 0 Å². The summed E-state index contributed by atoms with van der Waals surface area (Å²) in [6.45, 7) is 2.18. The topological polar surface area (TPSA) is 95.4 Å². The molecule has 2 heterocycles. The van der Waals surface area contributed by atoms with E-state index in [4.69, 9.17) is 11.6 Å². The number of nitro groups is 1.